The van der Waals surface area contributed by atoms with Crippen molar-refractivity contribution in [3.05, 3.63) is 83.4 Å². The zero-order valence-corrected chi connectivity index (χ0v) is 26.3. The molecule has 42 heavy (non-hydrogen) atoms. The Morgan fingerprint density at radius 3 is 2.14 bits per heavy atom. The lowest BCUT2D eigenvalue weighted by atomic mass is 10.1. The van der Waals surface area contributed by atoms with Crippen molar-refractivity contribution in [1.29, 1.82) is 0 Å². The molecule has 0 aliphatic heterocycles. The van der Waals surface area contributed by atoms with Gasteiger partial charge in [0, 0.05) is 23.2 Å². The van der Waals surface area contributed by atoms with Crippen LogP contribution in [0, 0.1) is 0 Å². The number of nitrogens with one attached hydrogen (secondary N) is 1. The highest BCUT2D eigenvalue weighted by atomic mass is 35.5. The van der Waals surface area contributed by atoms with Crippen molar-refractivity contribution in [1.82, 2.24) is 10.2 Å². The first-order valence-corrected chi connectivity index (χ1v) is 15.3. The molecule has 3 aromatic rings. The van der Waals surface area contributed by atoms with Gasteiger partial charge in [-0.2, -0.15) is 0 Å². The standard InChI is InChI=1S/C31H38ClN3O6S/c1-7-26(30(37)33-31(2,3)4)34(20-22-13-15-23(32)16-14-22)29(36)21-35(42(38,39)25-11-9-8-10-12-25)27-19-24(40-5)17-18-28(27)41-6/h8-19,26H,7,20-21H2,1-6H3,(H,33,37)/t26-/m1/s1. The molecule has 0 aromatic heterocycles. The molecule has 0 aliphatic carbocycles. The van der Waals surface area contributed by atoms with E-state index in [1.54, 1.807) is 61.5 Å². The molecule has 0 spiro atoms. The van der Waals surface area contributed by atoms with Crippen molar-refractivity contribution in [2.45, 2.75) is 57.1 Å². The van der Waals surface area contributed by atoms with Gasteiger partial charge in [0.2, 0.25) is 11.8 Å². The largest absolute Gasteiger partial charge is 0.497 e. The van der Waals surface area contributed by atoms with Gasteiger partial charge in [0.25, 0.3) is 10.0 Å². The van der Waals surface area contributed by atoms with Crippen molar-refractivity contribution in [2.75, 3.05) is 25.1 Å². The minimum Gasteiger partial charge on any atom is -0.497 e. The summed E-state index contributed by atoms with van der Waals surface area (Å²) in [6, 6.07) is 18.6. The lowest BCUT2D eigenvalue weighted by Gasteiger charge is -2.35. The summed E-state index contributed by atoms with van der Waals surface area (Å²) in [5, 5.41) is 3.48. The number of carbonyl (C=O) groups is 2. The molecule has 1 atom stereocenters. The van der Waals surface area contributed by atoms with Crippen LogP contribution in [-0.2, 0) is 26.2 Å². The third kappa shape index (κ3) is 8.17. The van der Waals surface area contributed by atoms with Crippen LogP contribution in [0.25, 0.3) is 0 Å². The van der Waals surface area contributed by atoms with Crippen LogP contribution in [0.2, 0.25) is 5.02 Å². The van der Waals surface area contributed by atoms with Crippen LogP contribution in [0.5, 0.6) is 11.5 Å². The minimum absolute atomic E-state index is 0.00978. The van der Waals surface area contributed by atoms with Crippen LogP contribution in [0.3, 0.4) is 0 Å². The van der Waals surface area contributed by atoms with Gasteiger partial charge in [-0.25, -0.2) is 8.42 Å². The Labute approximate surface area is 253 Å². The van der Waals surface area contributed by atoms with E-state index in [0.29, 0.717) is 17.2 Å². The first-order valence-electron chi connectivity index (χ1n) is 13.5. The highest BCUT2D eigenvalue weighted by molar-refractivity contribution is 7.92. The molecule has 0 bridgehead atoms. The van der Waals surface area contributed by atoms with Gasteiger partial charge in [-0.15, -0.1) is 0 Å². The summed E-state index contributed by atoms with van der Waals surface area (Å²) in [7, 11) is -1.40. The quantitative estimate of drug-likeness (QED) is 0.297. The number of rotatable bonds is 12. The summed E-state index contributed by atoms with van der Waals surface area (Å²) in [4.78, 5) is 29.1. The SMILES string of the molecule is CC[C@H](C(=O)NC(C)(C)C)N(Cc1ccc(Cl)cc1)C(=O)CN(c1cc(OC)ccc1OC)S(=O)(=O)c1ccccc1. The van der Waals surface area contributed by atoms with E-state index in [1.807, 2.05) is 20.8 Å². The zero-order valence-electron chi connectivity index (χ0n) is 24.8. The number of amides is 2. The fraction of sp³-hybridized carbons (Fsp3) is 0.355. The van der Waals surface area contributed by atoms with E-state index < -0.39 is 34.1 Å². The number of sulfonamides is 1. The van der Waals surface area contributed by atoms with Crippen molar-refractivity contribution < 1.29 is 27.5 Å². The second-order valence-electron chi connectivity index (χ2n) is 10.7. The Balaban J connectivity index is 2.14. The average Bonchev–Trinajstić information content (AvgIpc) is 2.95. The summed E-state index contributed by atoms with van der Waals surface area (Å²) < 4.78 is 40.0. The number of anilines is 1. The van der Waals surface area contributed by atoms with Gasteiger partial charge in [0.15, 0.2) is 0 Å². The summed E-state index contributed by atoms with van der Waals surface area (Å²) in [5.74, 6) is -0.320. The van der Waals surface area contributed by atoms with Crippen LogP contribution in [0.4, 0.5) is 5.69 Å². The van der Waals surface area contributed by atoms with Crippen LogP contribution in [0.15, 0.2) is 77.7 Å². The second kappa shape index (κ2) is 13.9. The number of carbonyl (C=O) groups excluding carboxylic acids is 2. The van der Waals surface area contributed by atoms with Crippen molar-refractivity contribution in [3.8, 4) is 11.5 Å². The van der Waals surface area contributed by atoms with Gasteiger partial charge in [-0.3, -0.25) is 13.9 Å². The van der Waals surface area contributed by atoms with E-state index in [0.717, 1.165) is 9.87 Å². The summed E-state index contributed by atoms with van der Waals surface area (Å²) >= 11 is 6.08. The first-order chi connectivity index (χ1) is 19.8. The van der Waals surface area contributed by atoms with Gasteiger partial charge in [-0.1, -0.05) is 48.9 Å². The number of halogens is 1. The molecule has 9 nitrogen and oxygen atoms in total. The van der Waals surface area contributed by atoms with Gasteiger partial charge >= 0.3 is 0 Å². The third-order valence-electron chi connectivity index (χ3n) is 6.42. The molecule has 1 N–H and O–H groups in total. The van der Waals surface area contributed by atoms with E-state index >= 15 is 0 Å². The van der Waals surface area contributed by atoms with E-state index in [2.05, 4.69) is 5.32 Å². The highest BCUT2D eigenvalue weighted by Crippen LogP contribution is 2.36. The van der Waals surface area contributed by atoms with Crippen molar-refractivity contribution in [2.24, 2.45) is 0 Å². The van der Waals surface area contributed by atoms with Gasteiger partial charge in [0.05, 0.1) is 24.8 Å². The summed E-state index contributed by atoms with van der Waals surface area (Å²) in [6.07, 6.45) is 0.301. The zero-order chi connectivity index (χ0) is 31.1. The Bertz CT molecular complexity index is 1470. The minimum atomic E-state index is -4.27. The van der Waals surface area contributed by atoms with Gasteiger partial charge in [-0.05, 0) is 69.2 Å². The monoisotopic (exact) mass is 615 g/mol. The predicted octanol–water partition coefficient (Wildman–Crippen LogP) is 5.27. The number of benzene rings is 3. The Kier molecular flexibility index (Phi) is 10.9. The van der Waals surface area contributed by atoms with Gasteiger partial charge < -0.3 is 19.7 Å². The number of nitrogens with zero attached hydrogens (tertiary/aromatic N) is 2. The Morgan fingerprint density at radius 1 is 0.952 bits per heavy atom. The molecule has 0 radical (unpaired) electrons. The molecule has 0 fully saturated rings. The molecule has 0 aliphatic rings. The maximum Gasteiger partial charge on any atom is 0.264 e. The van der Waals surface area contributed by atoms with Crippen LogP contribution >= 0.6 is 11.6 Å². The van der Waals surface area contributed by atoms with E-state index in [4.69, 9.17) is 21.1 Å². The Morgan fingerprint density at radius 2 is 1.60 bits per heavy atom. The molecular weight excluding hydrogens is 578 g/mol. The number of hydrogen-bond acceptors (Lipinski definition) is 6. The molecule has 0 saturated heterocycles. The first kappa shape index (κ1) is 32.8. The molecule has 0 unspecified atom stereocenters. The fourth-order valence-electron chi connectivity index (χ4n) is 4.38. The van der Waals surface area contributed by atoms with Crippen LogP contribution < -0.4 is 19.1 Å². The maximum absolute atomic E-state index is 14.2. The van der Waals surface area contributed by atoms with Crippen molar-refractivity contribution in [3.63, 3.8) is 0 Å². The lowest BCUT2D eigenvalue weighted by Crippen LogP contribution is -2.55. The third-order valence-corrected chi connectivity index (χ3v) is 8.44. The van der Waals surface area contributed by atoms with Crippen LogP contribution in [-0.4, -0.2) is 57.5 Å². The number of hydrogen-bond donors (Lipinski definition) is 1. The molecule has 0 heterocycles. The van der Waals surface area contributed by atoms with E-state index in [9.17, 15) is 18.0 Å². The molecule has 0 saturated carbocycles. The average molecular weight is 616 g/mol. The van der Waals surface area contributed by atoms with E-state index in [-0.39, 0.29) is 28.8 Å². The highest BCUT2D eigenvalue weighted by Gasteiger charge is 2.35. The fourth-order valence-corrected chi connectivity index (χ4v) is 5.95. The smallest absolute Gasteiger partial charge is 0.264 e. The molecular formula is C31H38ClN3O6S. The molecule has 3 aromatic carbocycles. The molecule has 11 heteroatoms. The molecule has 3 rings (SSSR count). The molecule has 2 amide bonds. The second-order valence-corrected chi connectivity index (χ2v) is 13.0. The topological polar surface area (TPSA) is 105 Å². The normalized spacial score (nSPS) is 12.3. The lowest BCUT2D eigenvalue weighted by molar-refractivity contribution is -0.141. The van der Waals surface area contributed by atoms with Gasteiger partial charge in [0.1, 0.15) is 24.1 Å². The predicted molar refractivity (Wildman–Crippen MR) is 164 cm³/mol. The maximum atomic E-state index is 14.2. The van der Waals surface area contributed by atoms with Crippen molar-refractivity contribution >= 4 is 39.1 Å². The number of ether oxygens (including phenoxy) is 2. The summed E-state index contributed by atoms with van der Waals surface area (Å²) in [6.45, 7) is 6.82. The molecule has 226 valence electrons. The Hall–Kier alpha value is -3.76. The number of methoxy groups -OCH3 is 2. The summed E-state index contributed by atoms with van der Waals surface area (Å²) in [5.41, 5.74) is 0.301. The van der Waals surface area contributed by atoms with Crippen LogP contribution in [0.1, 0.15) is 39.7 Å². The van der Waals surface area contributed by atoms with E-state index in [1.165, 1.54) is 37.3 Å².